The molecule has 0 unspecified atom stereocenters. The Labute approximate surface area is 150 Å². The smallest absolute Gasteiger partial charge is 0.119 e. The molecule has 0 heterocycles. The second-order valence-electron chi connectivity index (χ2n) is 7.52. The average Bonchev–Trinajstić information content (AvgIpc) is 2.60. The van der Waals surface area contributed by atoms with Gasteiger partial charge in [0.15, 0.2) is 0 Å². The van der Waals surface area contributed by atoms with Gasteiger partial charge in [0.1, 0.15) is 5.75 Å². The summed E-state index contributed by atoms with van der Waals surface area (Å²) in [5.74, 6) is 0.510. The number of hydrogen-bond donors (Lipinski definition) is 1. The fraction of sp³-hybridized carbons (Fsp3) is 0.739. The van der Waals surface area contributed by atoms with E-state index in [1.165, 1.54) is 89.0 Å². The maximum absolute atomic E-state index is 10.5. The van der Waals surface area contributed by atoms with Crippen LogP contribution >= 0.6 is 0 Å². The SMILES string of the molecule is CCCCCCCCC(CCCC)(CCCC)c1ccccc1O. The first kappa shape index (κ1) is 21.1. The predicted octanol–water partition coefficient (Wildman–Crippen LogP) is 7.76. The van der Waals surface area contributed by atoms with Gasteiger partial charge in [-0.3, -0.25) is 0 Å². The second-order valence-corrected chi connectivity index (χ2v) is 7.52. The van der Waals surface area contributed by atoms with Gasteiger partial charge in [0.25, 0.3) is 0 Å². The zero-order chi connectivity index (χ0) is 17.7. The van der Waals surface area contributed by atoms with Crippen LogP contribution in [-0.2, 0) is 5.41 Å². The van der Waals surface area contributed by atoms with Crippen LogP contribution in [0.5, 0.6) is 5.75 Å². The Bertz CT molecular complexity index is 416. The van der Waals surface area contributed by atoms with Crippen molar-refractivity contribution >= 4 is 0 Å². The largest absolute Gasteiger partial charge is 0.508 e. The van der Waals surface area contributed by atoms with E-state index >= 15 is 0 Å². The molecule has 0 aliphatic carbocycles. The molecule has 138 valence electrons. The molecular formula is C23H40O. The normalized spacial score (nSPS) is 11.8. The number of phenols is 1. The Hall–Kier alpha value is -0.980. The van der Waals surface area contributed by atoms with Crippen LogP contribution in [0.1, 0.15) is 110 Å². The molecule has 0 saturated heterocycles. The zero-order valence-corrected chi connectivity index (χ0v) is 16.4. The zero-order valence-electron chi connectivity index (χ0n) is 16.4. The Morgan fingerprint density at radius 2 is 1.17 bits per heavy atom. The van der Waals surface area contributed by atoms with E-state index in [0.717, 1.165) is 0 Å². The minimum absolute atomic E-state index is 0.183. The molecule has 1 rings (SSSR count). The number of para-hydroxylation sites is 1. The van der Waals surface area contributed by atoms with Gasteiger partial charge in [-0.25, -0.2) is 0 Å². The van der Waals surface area contributed by atoms with Gasteiger partial charge in [0.05, 0.1) is 0 Å². The van der Waals surface area contributed by atoms with Crippen LogP contribution in [0.2, 0.25) is 0 Å². The summed E-state index contributed by atoms with van der Waals surface area (Å²) in [6, 6.07) is 8.11. The third-order valence-corrected chi connectivity index (χ3v) is 5.50. The molecule has 0 saturated carbocycles. The first-order chi connectivity index (χ1) is 11.7. The summed E-state index contributed by atoms with van der Waals surface area (Å²) in [5, 5.41) is 10.5. The lowest BCUT2D eigenvalue weighted by molar-refractivity contribution is 0.295. The summed E-state index contributed by atoms with van der Waals surface area (Å²) in [6.45, 7) is 6.83. The summed E-state index contributed by atoms with van der Waals surface area (Å²) in [5.41, 5.74) is 1.39. The lowest BCUT2D eigenvalue weighted by atomic mass is 9.69. The fourth-order valence-electron chi connectivity index (χ4n) is 3.98. The molecule has 0 spiro atoms. The van der Waals surface area contributed by atoms with Gasteiger partial charge < -0.3 is 5.11 Å². The van der Waals surface area contributed by atoms with Crippen molar-refractivity contribution in [2.24, 2.45) is 0 Å². The quantitative estimate of drug-likeness (QED) is 0.345. The molecule has 0 aromatic heterocycles. The Morgan fingerprint density at radius 1 is 0.667 bits per heavy atom. The number of rotatable bonds is 14. The maximum Gasteiger partial charge on any atom is 0.119 e. The van der Waals surface area contributed by atoms with Crippen molar-refractivity contribution in [2.45, 2.75) is 110 Å². The lowest BCUT2D eigenvalue weighted by Crippen LogP contribution is -2.26. The van der Waals surface area contributed by atoms with Crippen LogP contribution in [0.3, 0.4) is 0 Å². The van der Waals surface area contributed by atoms with Gasteiger partial charge in [0.2, 0.25) is 0 Å². The van der Waals surface area contributed by atoms with E-state index in [2.05, 4.69) is 32.9 Å². The van der Waals surface area contributed by atoms with Gasteiger partial charge in [-0.1, -0.05) is 103 Å². The summed E-state index contributed by atoms with van der Waals surface area (Å²) >= 11 is 0. The summed E-state index contributed by atoms with van der Waals surface area (Å²) in [4.78, 5) is 0. The van der Waals surface area contributed by atoms with E-state index in [0.29, 0.717) is 5.75 Å². The second kappa shape index (κ2) is 12.4. The van der Waals surface area contributed by atoms with Crippen molar-refractivity contribution < 1.29 is 5.11 Å². The minimum Gasteiger partial charge on any atom is -0.508 e. The molecule has 1 aromatic carbocycles. The third kappa shape index (κ3) is 6.87. The molecule has 1 aromatic rings. The topological polar surface area (TPSA) is 20.2 Å². The molecule has 1 heteroatoms. The van der Waals surface area contributed by atoms with Gasteiger partial charge in [0, 0.05) is 5.56 Å². The number of hydrogen-bond acceptors (Lipinski definition) is 1. The van der Waals surface area contributed by atoms with Crippen molar-refractivity contribution in [3.05, 3.63) is 29.8 Å². The van der Waals surface area contributed by atoms with E-state index in [1.54, 1.807) is 0 Å². The number of aromatic hydroxyl groups is 1. The maximum atomic E-state index is 10.5. The highest BCUT2D eigenvalue weighted by atomic mass is 16.3. The third-order valence-electron chi connectivity index (χ3n) is 5.50. The van der Waals surface area contributed by atoms with Crippen LogP contribution in [-0.4, -0.2) is 5.11 Å². The number of phenolic OH excluding ortho intramolecular Hbond substituents is 1. The number of unbranched alkanes of at least 4 members (excludes halogenated alkanes) is 7. The van der Waals surface area contributed by atoms with E-state index < -0.39 is 0 Å². The lowest BCUT2D eigenvalue weighted by Gasteiger charge is -2.35. The Morgan fingerprint density at radius 3 is 1.75 bits per heavy atom. The molecule has 24 heavy (non-hydrogen) atoms. The van der Waals surface area contributed by atoms with Crippen molar-refractivity contribution in [1.29, 1.82) is 0 Å². The van der Waals surface area contributed by atoms with Crippen LogP contribution in [0.4, 0.5) is 0 Å². The first-order valence-electron chi connectivity index (χ1n) is 10.5. The molecule has 0 atom stereocenters. The van der Waals surface area contributed by atoms with Crippen LogP contribution in [0, 0.1) is 0 Å². The van der Waals surface area contributed by atoms with Crippen LogP contribution in [0.25, 0.3) is 0 Å². The highest BCUT2D eigenvalue weighted by Crippen LogP contribution is 2.43. The average molecular weight is 333 g/mol. The molecule has 0 aliphatic heterocycles. The van der Waals surface area contributed by atoms with Crippen molar-refractivity contribution in [2.75, 3.05) is 0 Å². The monoisotopic (exact) mass is 332 g/mol. The van der Waals surface area contributed by atoms with Gasteiger partial charge in [-0.2, -0.15) is 0 Å². The molecule has 1 nitrogen and oxygen atoms in total. The molecular weight excluding hydrogens is 292 g/mol. The van der Waals surface area contributed by atoms with E-state index in [-0.39, 0.29) is 5.41 Å². The molecule has 0 bridgehead atoms. The minimum atomic E-state index is 0.183. The van der Waals surface area contributed by atoms with Crippen LogP contribution < -0.4 is 0 Å². The van der Waals surface area contributed by atoms with Crippen molar-refractivity contribution in [3.8, 4) is 5.75 Å². The molecule has 0 amide bonds. The van der Waals surface area contributed by atoms with Gasteiger partial charge in [-0.05, 0) is 30.7 Å². The van der Waals surface area contributed by atoms with Gasteiger partial charge >= 0.3 is 0 Å². The highest BCUT2D eigenvalue weighted by molar-refractivity contribution is 5.38. The fourth-order valence-corrected chi connectivity index (χ4v) is 3.98. The molecule has 0 aliphatic rings. The highest BCUT2D eigenvalue weighted by Gasteiger charge is 2.32. The van der Waals surface area contributed by atoms with E-state index in [4.69, 9.17) is 0 Å². The van der Waals surface area contributed by atoms with Gasteiger partial charge in [-0.15, -0.1) is 0 Å². The number of benzene rings is 1. The van der Waals surface area contributed by atoms with Crippen molar-refractivity contribution in [3.63, 3.8) is 0 Å². The summed E-state index contributed by atoms with van der Waals surface area (Å²) in [6.07, 6.45) is 16.7. The molecule has 1 N–H and O–H groups in total. The van der Waals surface area contributed by atoms with E-state index in [9.17, 15) is 5.11 Å². The predicted molar refractivity (Wildman–Crippen MR) is 107 cm³/mol. The Balaban J connectivity index is 2.84. The molecule has 0 fully saturated rings. The van der Waals surface area contributed by atoms with Crippen molar-refractivity contribution in [1.82, 2.24) is 0 Å². The summed E-state index contributed by atoms with van der Waals surface area (Å²) in [7, 11) is 0. The van der Waals surface area contributed by atoms with E-state index in [1.807, 2.05) is 12.1 Å². The first-order valence-corrected chi connectivity index (χ1v) is 10.5. The standard InChI is InChI=1S/C23H40O/c1-4-7-10-11-12-15-20-23(18-8-5-2,19-9-6-3)21-16-13-14-17-22(21)24/h13-14,16-17,24H,4-12,15,18-20H2,1-3H3. The summed E-state index contributed by atoms with van der Waals surface area (Å²) < 4.78 is 0. The Kier molecular flexibility index (Phi) is 10.9. The van der Waals surface area contributed by atoms with Crippen LogP contribution in [0.15, 0.2) is 24.3 Å². The molecule has 0 radical (unpaired) electrons.